The fourth-order valence-electron chi connectivity index (χ4n) is 3.11. The number of benzene rings is 1. The Morgan fingerprint density at radius 2 is 1.89 bits per heavy atom. The fraction of sp³-hybridized carbons (Fsp3) is 0.190. The van der Waals surface area contributed by atoms with Gasteiger partial charge in [-0.3, -0.25) is 4.79 Å². The van der Waals surface area contributed by atoms with E-state index < -0.39 is 0 Å². The molecule has 0 unspecified atom stereocenters. The van der Waals surface area contributed by atoms with Crippen LogP contribution < -0.4 is 0 Å². The third-order valence-electron chi connectivity index (χ3n) is 4.52. The van der Waals surface area contributed by atoms with Gasteiger partial charge in [0, 0.05) is 12.6 Å². The lowest BCUT2D eigenvalue weighted by Gasteiger charge is -2.17. The van der Waals surface area contributed by atoms with Crippen LogP contribution in [0.25, 0.3) is 22.4 Å². The quantitative estimate of drug-likeness (QED) is 0.522. The van der Waals surface area contributed by atoms with E-state index in [1.807, 2.05) is 19.1 Å². The average molecular weight is 379 g/mol. The van der Waals surface area contributed by atoms with Gasteiger partial charge in [0.05, 0.1) is 28.9 Å². The van der Waals surface area contributed by atoms with Crippen LogP contribution in [0.3, 0.4) is 0 Å². The number of rotatable bonds is 4. The van der Waals surface area contributed by atoms with Crippen LogP contribution in [0, 0.1) is 19.7 Å². The standard InChI is InChI=1S/C21H18FN3O3/c1-12-4-9-16(27-12)11-25(3)21(26)17-10-18(14-5-7-15(22)8-6-14)23-20-19(17)13(2)24-28-20/h4-10H,11H2,1-3H3. The Balaban J connectivity index is 1.76. The van der Waals surface area contributed by atoms with E-state index in [1.54, 1.807) is 37.1 Å². The highest BCUT2D eigenvalue weighted by atomic mass is 19.1. The number of carbonyl (C=O) groups is 1. The molecule has 0 atom stereocenters. The van der Waals surface area contributed by atoms with Crippen molar-refractivity contribution in [1.82, 2.24) is 15.0 Å². The zero-order chi connectivity index (χ0) is 19.8. The number of nitrogens with zero attached hydrogens (tertiary/aromatic N) is 3. The molecule has 0 aliphatic carbocycles. The van der Waals surface area contributed by atoms with E-state index in [0.717, 1.165) is 5.76 Å². The monoisotopic (exact) mass is 379 g/mol. The molecule has 0 radical (unpaired) electrons. The molecule has 0 bridgehead atoms. The molecule has 1 amide bonds. The maximum absolute atomic E-state index is 13.3. The Kier molecular flexibility index (Phi) is 4.43. The number of hydrogen-bond donors (Lipinski definition) is 0. The van der Waals surface area contributed by atoms with Crippen LogP contribution in [0.15, 0.2) is 51.4 Å². The summed E-state index contributed by atoms with van der Waals surface area (Å²) in [6.07, 6.45) is 0. The van der Waals surface area contributed by atoms with Crippen molar-refractivity contribution in [1.29, 1.82) is 0 Å². The van der Waals surface area contributed by atoms with E-state index in [2.05, 4.69) is 10.1 Å². The lowest BCUT2D eigenvalue weighted by Crippen LogP contribution is -2.26. The van der Waals surface area contributed by atoms with Crippen molar-refractivity contribution in [3.8, 4) is 11.3 Å². The summed E-state index contributed by atoms with van der Waals surface area (Å²) in [7, 11) is 1.70. The van der Waals surface area contributed by atoms with Crippen molar-refractivity contribution in [3.63, 3.8) is 0 Å². The zero-order valence-corrected chi connectivity index (χ0v) is 15.7. The van der Waals surface area contributed by atoms with E-state index in [1.165, 1.54) is 12.1 Å². The van der Waals surface area contributed by atoms with Crippen molar-refractivity contribution >= 4 is 17.0 Å². The summed E-state index contributed by atoms with van der Waals surface area (Å²) >= 11 is 0. The first-order chi connectivity index (χ1) is 13.4. The number of aryl methyl sites for hydroxylation is 2. The van der Waals surface area contributed by atoms with Gasteiger partial charge in [0.25, 0.3) is 11.6 Å². The molecule has 0 aliphatic rings. The zero-order valence-electron chi connectivity index (χ0n) is 15.7. The van der Waals surface area contributed by atoms with E-state index in [4.69, 9.17) is 8.94 Å². The number of aromatic nitrogens is 2. The topological polar surface area (TPSA) is 72.4 Å². The third-order valence-corrected chi connectivity index (χ3v) is 4.52. The van der Waals surface area contributed by atoms with E-state index in [-0.39, 0.29) is 17.4 Å². The molecule has 3 heterocycles. The summed E-state index contributed by atoms with van der Waals surface area (Å²) in [5.74, 6) is 0.927. The van der Waals surface area contributed by atoms with Crippen molar-refractivity contribution in [2.45, 2.75) is 20.4 Å². The predicted octanol–water partition coefficient (Wildman–Crippen LogP) is 4.51. The molecule has 7 heteroatoms. The largest absolute Gasteiger partial charge is 0.464 e. The van der Waals surface area contributed by atoms with Crippen molar-refractivity contribution in [2.75, 3.05) is 7.05 Å². The first-order valence-electron chi connectivity index (χ1n) is 8.76. The lowest BCUT2D eigenvalue weighted by molar-refractivity contribution is 0.0777. The maximum Gasteiger partial charge on any atom is 0.259 e. The number of furan rings is 1. The summed E-state index contributed by atoms with van der Waals surface area (Å²) in [5.41, 5.74) is 2.46. The van der Waals surface area contributed by atoms with E-state index >= 15 is 0 Å². The Bertz CT molecular complexity index is 1160. The van der Waals surface area contributed by atoms with Crippen molar-refractivity contribution in [3.05, 3.63) is 71.1 Å². The van der Waals surface area contributed by atoms with Gasteiger partial charge in [0.15, 0.2) is 0 Å². The lowest BCUT2D eigenvalue weighted by atomic mass is 10.0. The number of amides is 1. The molecule has 0 aliphatic heterocycles. The summed E-state index contributed by atoms with van der Waals surface area (Å²) in [6, 6.07) is 11.3. The van der Waals surface area contributed by atoms with Gasteiger partial charge < -0.3 is 13.8 Å². The number of halogens is 1. The van der Waals surface area contributed by atoms with Crippen LogP contribution in [0.4, 0.5) is 4.39 Å². The third kappa shape index (κ3) is 3.26. The van der Waals surface area contributed by atoms with Gasteiger partial charge in [-0.1, -0.05) is 5.16 Å². The second-order valence-electron chi connectivity index (χ2n) is 6.68. The fourth-order valence-corrected chi connectivity index (χ4v) is 3.11. The van der Waals surface area contributed by atoms with Crippen LogP contribution in [0.2, 0.25) is 0 Å². The number of pyridine rings is 1. The Hall–Kier alpha value is -3.48. The summed E-state index contributed by atoms with van der Waals surface area (Å²) in [5, 5.41) is 4.52. The van der Waals surface area contributed by atoms with Gasteiger partial charge in [-0.2, -0.15) is 0 Å². The first-order valence-corrected chi connectivity index (χ1v) is 8.76. The number of carbonyl (C=O) groups excluding carboxylic acids is 1. The minimum absolute atomic E-state index is 0.212. The van der Waals surface area contributed by atoms with Gasteiger partial charge in [-0.25, -0.2) is 9.37 Å². The molecule has 0 spiro atoms. The van der Waals surface area contributed by atoms with Gasteiger partial charge in [0.1, 0.15) is 17.3 Å². The van der Waals surface area contributed by atoms with Gasteiger partial charge in [0.2, 0.25) is 0 Å². The second kappa shape index (κ2) is 6.92. The SMILES string of the molecule is Cc1ccc(CN(C)C(=O)c2cc(-c3ccc(F)cc3)nc3onc(C)c23)o1. The van der Waals surface area contributed by atoms with Crippen LogP contribution in [0.1, 0.15) is 27.6 Å². The summed E-state index contributed by atoms with van der Waals surface area (Å²) in [4.78, 5) is 19.2. The molecule has 28 heavy (non-hydrogen) atoms. The normalized spacial score (nSPS) is 11.1. The van der Waals surface area contributed by atoms with Crippen LogP contribution in [0.5, 0.6) is 0 Å². The molecule has 4 rings (SSSR count). The van der Waals surface area contributed by atoms with Gasteiger partial charge in [-0.05, 0) is 56.3 Å². The molecule has 142 valence electrons. The second-order valence-corrected chi connectivity index (χ2v) is 6.68. The Labute approximate surface area is 160 Å². The number of hydrogen-bond acceptors (Lipinski definition) is 5. The van der Waals surface area contributed by atoms with Gasteiger partial charge in [-0.15, -0.1) is 0 Å². The van der Waals surface area contributed by atoms with Crippen molar-refractivity contribution in [2.24, 2.45) is 0 Å². The minimum atomic E-state index is -0.342. The molecule has 0 saturated heterocycles. The summed E-state index contributed by atoms with van der Waals surface area (Å²) in [6.45, 7) is 3.94. The Morgan fingerprint density at radius 1 is 1.14 bits per heavy atom. The van der Waals surface area contributed by atoms with Crippen LogP contribution in [-0.2, 0) is 6.54 Å². The predicted molar refractivity (Wildman–Crippen MR) is 101 cm³/mol. The molecule has 3 aromatic heterocycles. The molecule has 4 aromatic rings. The van der Waals surface area contributed by atoms with Gasteiger partial charge >= 0.3 is 0 Å². The minimum Gasteiger partial charge on any atom is -0.464 e. The highest BCUT2D eigenvalue weighted by Crippen LogP contribution is 2.28. The highest BCUT2D eigenvalue weighted by molar-refractivity contribution is 6.06. The van der Waals surface area contributed by atoms with Crippen molar-refractivity contribution < 1.29 is 18.1 Å². The molecule has 6 nitrogen and oxygen atoms in total. The smallest absolute Gasteiger partial charge is 0.259 e. The Morgan fingerprint density at radius 3 is 2.57 bits per heavy atom. The molecular weight excluding hydrogens is 361 g/mol. The van der Waals surface area contributed by atoms with Crippen LogP contribution >= 0.6 is 0 Å². The first kappa shape index (κ1) is 17.9. The molecular formula is C21H18FN3O3. The van der Waals surface area contributed by atoms with Crippen LogP contribution in [-0.4, -0.2) is 28.0 Å². The number of fused-ring (bicyclic) bond motifs is 1. The summed E-state index contributed by atoms with van der Waals surface area (Å²) < 4.78 is 24.1. The molecule has 1 aromatic carbocycles. The molecule has 0 saturated carbocycles. The molecule has 0 N–H and O–H groups in total. The highest BCUT2D eigenvalue weighted by Gasteiger charge is 2.22. The van der Waals surface area contributed by atoms with E-state index in [0.29, 0.717) is 40.2 Å². The molecule has 0 fully saturated rings. The van der Waals surface area contributed by atoms with E-state index in [9.17, 15) is 9.18 Å². The average Bonchev–Trinajstić information content (AvgIpc) is 3.26. The maximum atomic E-state index is 13.3.